The number of benzene rings is 6. The SMILES string of the molecule is CC(C)c1c([C-]=O)c(-c2ccc(F)cc2)c(-c2ccc(F)cc2)n1CC[C@@H](O)C[C@@H](O)CC(=O)[O-].Cc1ccc(S(=O)(=O)NC(=O)c2c(-c3ccc(F)cc3)c(-c3ccc(F)cc3)n(CC[C@@H](O)C[C@@H](O)CC(=O)OC(C)(C)C)c2C(C)C)cc1.Cc1ccc(S(N)(=O)=O)cc1.[B].[Na+].[Na+].[Na+].[OH-]. The Kier molecular flexibility index (Phi) is 38.6. The van der Waals surface area contributed by atoms with Crippen molar-refractivity contribution in [1.29, 1.82) is 0 Å². The smallest absolute Gasteiger partial charge is 0.870 e. The Morgan fingerprint density at radius 2 is 0.901 bits per heavy atom. The summed E-state index contributed by atoms with van der Waals surface area (Å²) < 4.78 is 115. The normalized spacial score (nSPS) is 12.4. The third kappa shape index (κ3) is 27.1. The maximum atomic E-state index is 14.3. The number of aromatic nitrogens is 2. The number of amides is 1. The number of aliphatic hydroxyl groups excluding tert-OH is 4. The molecule has 1 amide bonds. The minimum atomic E-state index is -4.33. The molecule has 19 nitrogen and oxygen atoms in total. The van der Waals surface area contributed by atoms with Crippen LogP contribution in [0.25, 0.3) is 44.8 Å². The second kappa shape index (κ2) is 41.8. The van der Waals surface area contributed by atoms with Crippen LogP contribution in [0, 0.1) is 37.1 Å². The number of rotatable bonds is 25. The summed E-state index contributed by atoms with van der Waals surface area (Å²) in [5.41, 5.74) is 6.34. The minimum Gasteiger partial charge on any atom is -0.870 e. The molecule has 8 rings (SSSR count). The standard InChI is InChI=1S/C38H44F2N2O7S.C27H28F2NO5.C7H9NO2S.B.3Na.H2O/c1-23(2)35-34(37(46)41-50(47,48)31-17-7-24(3)8-18-31)33(25-9-13-27(39)14-10-25)36(26-11-15-28(40)16-12-26)42(35)20-19-29(43)21-30(44)22-32(45)49-38(4,5)6;1-16(2)26-23(15-31)25(17-3-7-19(28)8-4-17)27(18-5-9-20(29)10-6-18)30(26)12-11-21(32)13-22(33)14-24(34)35;1-6-2-4-7(5-3-6)11(8,9)10;;;;;/h7-18,23,29-30,43-44H,19-22H2,1-6H3,(H,41,46);3-10,16,21-22,32-33H,11-14H2,1-2H3,(H,34,35);2-5H,1H3,(H2,8,9,10);;;;;1H2/q;-1;;;3*+1;/p-2/t29-,30-;21-,22-;;;;;;/m11....../s1. The number of aliphatic hydroxyl groups is 4. The van der Waals surface area contributed by atoms with E-state index in [-0.39, 0.29) is 186 Å². The molecule has 0 saturated heterocycles. The maximum Gasteiger partial charge on any atom is 1.00 e. The van der Waals surface area contributed by atoms with Crippen LogP contribution in [0.1, 0.15) is 137 Å². The number of nitrogens with zero attached hydrogens (tertiary/aromatic N) is 2. The Hall–Kier alpha value is -5.60. The molecule has 2 aromatic heterocycles. The van der Waals surface area contributed by atoms with Crippen LogP contribution >= 0.6 is 0 Å². The number of carbonyl (C=O) groups excluding carboxylic acids is 4. The second-order valence-electron chi connectivity index (χ2n) is 24.8. The average Bonchev–Trinajstić information content (AvgIpc) is 1.59. The number of nitrogens with two attached hydrogens (primary N) is 1. The van der Waals surface area contributed by atoms with Gasteiger partial charge in [0.2, 0.25) is 10.0 Å². The second-order valence-corrected chi connectivity index (χ2v) is 28.1. The number of carbonyl (C=O) groups is 3. The first-order chi connectivity index (χ1) is 45.0. The van der Waals surface area contributed by atoms with Gasteiger partial charge in [0.15, 0.2) is 0 Å². The number of hydrogen-bond acceptors (Lipinski definition) is 15. The third-order valence-corrected chi connectivity index (χ3v) is 17.4. The predicted octanol–water partition coefficient (Wildman–Crippen LogP) is 1.30. The van der Waals surface area contributed by atoms with Gasteiger partial charge in [0.25, 0.3) is 15.9 Å². The van der Waals surface area contributed by atoms with E-state index in [4.69, 9.17) is 9.88 Å². The van der Waals surface area contributed by atoms with Gasteiger partial charge in [0.1, 0.15) is 28.9 Å². The van der Waals surface area contributed by atoms with Crippen LogP contribution in [0.15, 0.2) is 155 Å². The summed E-state index contributed by atoms with van der Waals surface area (Å²) in [6, 6.07) is 34.7. The van der Waals surface area contributed by atoms with E-state index in [1.54, 1.807) is 80.8 Å². The number of esters is 1. The predicted molar refractivity (Wildman–Crippen MR) is 362 cm³/mol. The van der Waals surface area contributed by atoms with E-state index < -0.39 is 97.6 Å². The fraction of sp³-hybridized carbons (Fsp3) is 0.333. The van der Waals surface area contributed by atoms with Crippen molar-refractivity contribution in [2.45, 2.75) is 166 Å². The van der Waals surface area contributed by atoms with Gasteiger partial charge in [0, 0.05) is 45.2 Å². The van der Waals surface area contributed by atoms with E-state index in [9.17, 15) is 79.1 Å². The summed E-state index contributed by atoms with van der Waals surface area (Å²) in [6.45, 7) is 16.5. The van der Waals surface area contributed by atoms with E-state index in [1.807, 2.05) is 45.5 Å². The minimum absolute atomic E-state index is 0. The van der Waals surface area contributed by atoms with Crippen molar-refractivity contribution in [1.82, 2.24) is 13.9 Å². The quantitative estimate of drug-likeness (QED) is 0.0203. The van der Waals surface area contributed by atoms with Crippen LogP contribution in [-0.4, -0.2) is 114 Å². The summed E-state index contributed by atoms with van der Waals surface area (Å²) in [4.78, 5) is 49.5. The van der Waals surface area contributed by atoms with Gasteiger partial charge < -0.3 is 54.5 Å². The molecule has 101 heavy (non-hydrogen) atoms. The summed E-state index contributed by atoms with van der Waals surface area (Å²) in [5.74, 6) is -5.37. The summed E-state index contributed by atoms with van der Waals surface area (Å²) in [5, 5.41) is 57.4. The number of ether oxygens (including phenoxy) is 1. The van der Waals surface area contributed by atoms with E-state index in [1.165, 1.54) is 97.1 Å². The number of halogens is 4. The van der Waals surface area contributed by atoms with Crippen LogP contribution in [0.3, 0.4) is 0 Å². The van der Waals surface area contributed by atoms with Crippen molar-refractivity contribution < 1.29 is 178 Å². The topological polar surface area (TPSA) is 328 Å². The zero-order valence-electron chi connectivity index (χ0n) is 58.7. The van der Waals surface area contributed by atoms with Gasteiger partial charge in [-0.3, -0.25) is 9.59 Å². The number of hydrogen-bond donors (Lipinski definition) is 6. The molecule has 6 aromatic carbocycles. The largest absolute Gasteiger partial charge is 1.00 e. The summed E-state index contributed by atoms with van der Waals surface area (Å²) in [7, 11) is -7.85. The van der Waals surface area contributed by atoms with Gasteiger partial charge >= 0.3 is 94.6 Å². The Morgan fingerprint density at radius 3 is 1.26 bits per heavy atom. The van der Waals surface area contributed by atoms with Crippen LogP contribution in [0.5, 0.6) is 0 Å². The number of carboxylic acids is 1. The van der Waals surface area contributed by atoms with Crippen LogP contribution in [0.2, 0.25) is 0 Å². The number of primary sulfonamides is 1. The van der Waals surface area contributed by atoms with Crippen molar-refractivity contribution in [2.24, 2.45) is 5.14 Å². The molecule has 0 aliphatic carbocycles. The molecule has 29 heteroatoms. The molecular weight excluding hydrogens is 1380 g/mol. The molecular formula is C72H81BF4N4Na3O15S2. The Bertz CT molecular complexity index is 4220. The van der Waals surface area contributed by atoms with Crippen molar-refractivity contribution in [3.8, 4) is 44.8 Å². The average molecular weight is 1460 g/mol. The number of aliphatic carboxylic acids is 1. The zero-order chi connectivity index (χ0) is 71.1. The number of aryl methyl sites for hydroxylation is 2. The molecule has 3 radical (unpaired) electrons. The molecule has 0 spiro atoms. The van der Waals surface area contributed by atoms with Gasteiger partial charge in [-0.2, -0.15) is 0 Å². The fourth-order valence-electron chi connectivity index (χ4n) is 10.9. The van der Waals surface area contributed by atoms with Gasteiger partial charge in [-0.05, 0) is 174 Å². The first kappa shape index (κ1) is 93.4. The molecule has 0 bridgehead atoms. The molecule has 8 aromatic rings. The molecule has 0 aliphatic heterocycles. The van der Waals surface area contributed by atoms with E-state index >= 15 is 0 Å². The first-order valence-corrected chi connectivity index (χ1v) is 33.8. The molecule has 8 N–H and O–H groups in total. The van der Waals surface area contributed by atoms with Crippen molar-refractivity contribution in [3.63, 3.8) is 0 Å². The first-order valence-electron chi connectivity index (χ1n) is 30.8. The number of nitrogens with one attached hydrogen (secondary N) is 1. The van der Waals surface area contributed by atoms with E-state index in [0.717, 1.165) is 11.1 Å². The van der Waals surface area contributed by atoms with Crippen LogP contribution in [-0.2, 0) is 52.3 Å². The number of carboxylic acid groups (broad SMARTS) is 1. The third-order valence-electron chi connectivity index (χ3n) is 15.1. The zero-order valence-corrected chi connectivity index (χ0v) is 66.3. The van der Waals surface area contributed by atoms with Gasteiger partial charge in [0.05, 0.1) is 58.2 Å². The Morgan fingerprint density at radius 1 is 0.554 bits per heavy atom. The molecule has 0 aliphatic rings. The molecule has 0 unspecified atom stereocenters. The summed E-state index contributed by atoms with van der Waals surface area (Å²) in [6.07, 6.45) is -3.53. The molecule has 0 saturated carbocycles. The van der Waals surface area contributed by atoms with Gasteiger partial charge in [-0.15, -0.1) is 5.56 Å². The molecule has 525 valence electrons. The van der Waals surface area contributed by atoms with Crippen molar-refractivity contribution in [3.05, 3.63) is 203 Å². The van der Waals surface area contributed by atoms with Gasteiger partial charge in [-0.25, -0.2) is 44.3 Å². The van der Waals surface area contributed by atoms with Crippen LogP contribution in [0.4, 0.5) is 17.6 Å². The van der Waals surface area contributed by atoms with E-state index in [0.29, 0.717) is 50.6 Å². The monoisotopic (exact) mass is 1460 g/mol. The maximum absolute atomic E-state index is 14.3. The fourth-order valence-corrected chi connectivity index (χ4v) is 12.4. The van der Waals surface area contributed by atoms with E-state index in [2.05, 4.69) is 4.72 Å². The van der Waals surface area contributed by atoms with Crippen molar-refractivity contribution >= 4 is 52.6 Å². The molecule has 2 heterocycles. The van der Waals surface area contributed by atoms with Gasteiger partial charge in [-0.1, -0.05) is 122 Å². The molecule has 0 fully saturated rings. The Balaban J connectivity index is 0.000000870. The van der Waals surface area contributed by atoms with Crippen molar-refractivity contribution in [2.75, 3.05) is 0 Å². The Labute approximate surface area is 656 Å². The number of sulfonamides is 2. The molecule has 4 atom stereocenters. The van der Waals surface area contributed by atoms with Crippen LogP contribution < -0.4 is 104 Å². The summed E-state index contributed by atoms with van der Waals surface area (Å²) >= 11 is 0.